The lowest BCUT2D eigenvalue weighted by Gasteiger charge is -2.29. The first-order valence-corrected chi connectivity index (χ1v) is 8.05. The molecule has 0 saturated carbocycles. The largest absolute Gasteiger partial charge is 0.310 e. The molecule has 0 saturated heterocycles. The van der Waals surface area contributed by atoms with Crippen LogP contribution in [0.3, 0.4) is 0 Å². The van der Waals surface area contributed by atoms with E-state index in [1.54, 1.807) is 0 Å². The quantitative estimate of drug-likeness (QED) is 0.680. The molecule has 0 radical (unpaired) electrons. The molecule has 114 valence electrons. The van der Waals surface area contributed by atoms with Crippen LogP contribution in [-0.2, 0) is 0 Å². The molecule has 1 atom stereocenters. The second-order valence-corrected chi connectivity index (χ2v) is 5.84. The van der Waals surface area contributed by atoms with Crippen molar-refractivity contribution in [3.63, 3.8) is 0 Å². The number of hydrogen-bond acceptors (Lipinski definition) is 1. The van der Waals surface area contributed by atoms with Crippen LogP contribution in [0.4, 0.5) is 4.39 Å². The van der Waals surface area contributed by atoms with E-state index in [-0.39, 0.29) is 5.82 Å². The van der Waals surface area contributed by atoms with Crippen LogP contribution in [0.25, 0.3) is 0 Å². The summed E-state index contributed by atoms with van der Waals surface area (Å²) in [4.78, 5) is 0. The van der Waals surface area contributed by atoms with Gasteiger partial charge < -0.3 is 5.32 Å². The normalized spacial score (nSPS) is 12.9. The van der Waals surface area contributed by atoms with Gasteiger partial charge in [-0.3, -0.25) is 0 Å². The molecule has 0 fully saturated rings. The zero-order valence-electron chi connectivity index (χ0n) is 13.7. The number of halogens is 1. The third-order valence-electron chi connectivity index (χ3n) is 4.03. The summed E-state index contributed by atoms with van der Waals surface area (Å²) in [6.07, 6.45) is 4.85. The lowest BCUT2D eigenvalue weighted by atomic mass is 9.85. The minimum absolute atomic E-state index is 0.0634. The third-order valence-corrected chi connectivity index (χ3v) is 4.03. The molecule has 1 rings (SSSR count). The van der Waals surface area contributed by atoms with Crippen molar-refractivity contribution < 1.29 is 4.39 Å². The van der Waals surface area contributed by atoms with Gasteiger partial charge >= 0.3 is 0 Å². The van der Waals surface area contributed by atoms with Gasteiger partial charge in [-0.25, -0.2) is 4.39 Å². The first kappa shape index (κ1) is 17.2. The summed E-state index contributed by atoms with van der Waals surface area (Å²) in [5.74, 6) is 0.570. The molecule has 1 aromatic rings. The second-order valence-electron chi connectivity index (χ2n) is 5.84. The molecule has 20 heavy (non-hydrogen) atoms. The minimum atomic E-state index is -0.0634. The van der Waals surface area contributed by atoms with E-state index in [1.165, 1.54) is 31.2 Å². The van der Waals surface area contributed by atoms with Crippen LogP contribution in [0, 0.1) is 25.6 Å². The maximum Gasteiger partial charge on any atom is 0.129 e. The molecule has 0 aromatic heterocycles. The fraction of sp³-hybridized carbons (Fsp3) is 0.667. The van der Waals surface area contributed by atoms with Crippen LogP contribution in [-0.4, -0.2) is 6.54 Å². The highest BCUT2D eigenvalue weighted by Crippen LogP contribution is 2.31. The average molecular weight is 279 g/mol. The molecule has 2 heteroatoms. The molecule has 0 spiro atoms. The standard InChI is InChI=1S/C18H30FN/c1-6-9-15(10-7-2)18(20-8-3)16-11-13(4)17(19)14(5)12-16/h11-12,15,18,20H,6-10H2,1-5H3. The fourth-order valence-corrected chi connectivity index (χ4v) is 3.15. The van der Waals surface area contributed by atoms with Crippen molar-refractivity contribution in [1.82, 2.24) is 5.32 Å². The monoisotopic (exact) mass is 279 g/mol. The van der Waals surface area contributed by atoms with E-state index in [0.717, 1.165) is 17.7 Å². The Labute approximate surface area is 124 Å². The summed E-state index contributed by atoms with van der Waals surface area (Å²) < 4.78 is 13.8. The first-order chi connectivity index (χ1) is 9.54. The van der Waals surface area contributed by atoms with Crippen molar-refractivity contribution >= 4 is 0 Å². The van der Waals surface area contributed by atoms with Crippen LogP contribution in [0.2, 0.25) is 0 Å². The Morgan fingerprint density at radius 3 is 1.90 bits per heavy atom. The van der Waals surface area contributed by atoms with Gasteiger partial charge in [-0.05, 0) is 55.8 Å². The van der Waals surface area contributed by atoms with Gasteiger partial charge in [0, 0.05) is 6.04 Å². The van der Waals surface area contributed by atoms with Crippen LogP contribution in [0.5, 0.6) is 0 Å². The topological polar surface area (TPSA) is 12.0 Å². The highest BCUT2D eigenvalue weighted by atomic mass is 19.1. The van der Waals surface area contributed by atoms with Gasteiger partial charge in [-0.2, -0.15) is 0 Å². The van der Waals surface area contributed by atoms with Crippen molar-refractivity contribution in [3.8, 4) is 0 Å². The summed E-state index contributed by atoms with van der Waals surface area (Å²) in [6, 6.07) is 4.39. The predicted octanol–water partition coefficient (Wildman–Crippen LogP) is 5.31. The molecule has 0 aliphatic carbocycles. The smallest absolute Gasteiger partial charge is 0.129 e. The molecule has 1 N–H and O–H groups in total. The van der Waals surface area contributed by atoms with E-state index in [2.05, 4.69) is 26.1 Å². The summed E-state index contributed by atoms with van der Waals surface area (Å²) in [5.41, 5.74) is 2.76. The van der Waals surface area contributed by atoms with Gasteiger partial charge in [0.25, 0.3) is 0 Å². The number of hydrogen-bond donors (Lipinski definition) is 1. The molecule has 0 aliphatic rings. The second kappa shape index (κ2) is 8.41. The SMILES string of the molecule is CCCC(CCC)C(NCC)c1cc(C)c(F)c(C)c1. The Bertz CT molecular complexity index is 385. The van der Waals surface area contributed by atoms with E-state index in [4.69, 9.17) is 0 Å². The molecule has 0 heterocycles. The van der Waals surface area contributed by atoms with Gasteiger partial charge in [-0.1, -0.05) is 45.7 Å². The van der Waals surface area contributed by atoms with E-state index < -0.39 is 0 Å². The molecule has 0 aliphatic heterocycles. The fourth-order valence-electron chi connectivity index (χ4n) is 3.15. The van der Waals surface area contributed by atoms with Crippen LogP contribution < -0.4 is 5.32 Å². The molecular weight excluding hydrogens is 249 g/mol. The Kier molecular flexibility index (Phi) is 7.22. The highest BCUT2D eigenvalue weighted by molar-refractivity contribution is 5.32. The Morgan fingerprint density at radius 2 is 1.50 bits per heavy atom. The van der Waals surface area contributed by atoms with E-state index in [9.17, 15) is 4.39 Å². The van der Waals surface area contributed by atoms with Gasteiger partial charge in [0.1, 0.15) is 5.82 Å². The number of nitrogens with one attached hydrogen (secondary N) is 1. The van der Waals surface area contributed by atoms with Gasteiger partial charge in [0.15, 0.2) is 0 Å². The molecule has 0 bridgehead atoms. The summed E-state index contributed by atoms with van der Waals surface area (Å²) in [7, 11) is 0. The molecule has 1 aromatic carbocycles. The Balaban J connectivity index is 3.10. The molecule has 1 unspecified atom stereocenters. The van der Waals surface area contributed by atoms with Crippen molar-refractivity contribution in [2.24, 2.45) is 5.92 Å². The number of aryl methyl sites for hydroxylation is 2. The minimum Gasteiger partial charge on any atom is -0.310 e. The average Bonchev–Trinajstić information content (AvgIpc) is 2.41. The molecule has 1 nitrogen and oxygen atoms in total. The van der Waals surface area contributed by atoms with E-state index >= 15 is 0 Å². The van der Waals surface area contributed by atoms with Gasteiger partial charge in [-0.15, -0.1) is 0 Å². The third kappa shape index (κ3) is 4.31. The molecular formula is C18H30FN. The summed E-state index contributed by atoms with van der Waals surface area (Å²) in [5, 5.41) is 3.62. The zero-order chi connectivity index (χ0) is 15.1. The van der Waals surface area contributed by atoms with E-state index in [1.807, 2.05) is 26.0 Å². The van der Waals surface area contributed by atoms with Crippen molar-refractivity contribution in [3.05, 3.63) is 34.6 Å². The number of rotatable bonds is 8. The van der Waals surface area contributed by atoms with Gasteiger partial charge in [0.05, 0.1) is 0 Å². The lowest BCUT2D eigenvalue weighted by Crippen LogP contribution is -2.28. The van der Waals surface area contributed by atoms with Crippen LogP contribution in [0.1, 0.15) is 69.2 Å². The molecule has 0 amide bonds. The summed E-state index contributed by atoms with van der Waals surface area (Å²) in [6.45, 7) is 11.3. The van der Waals surface area contributed by atoms with Crippen LogP contribution >= 0.6 is 0 Å². The Morgan fingerprint density at radius 1 is 1.00 bits per heavy atom. The Hall–Kier alpha value is -0.890. The number of benzene rings is 1. The van der Waals surface area contributed by atoms with Crippen molar-refractivity contribution in [1.29, 1.82) is 0 Å². The summed E-state index contributed by atoms with van der Waals surface area (Å²) >= 11 is 0. The van der Waals surface area contributed by atoms with Crippen LogP contribution in [0.15, 0.2) is 12.1 Å². The lowest BCUT2D eigenvalue weighted by molar-refractivity contribution is 0.320. The van der Waals surface area contributed by atoms with E-state index in [0.29, 0.717) is 12.0 Å². The maximum atomic E-state index is 13.8. The maximum absolute atomic E-state index is 13.8. The predicted molar refractivity (Wildman–Crippen MR) is 85.6 cm³/mol. The first-order valence-electron chi connectivity index (χ1n) is 8.05. The van der Waals surface area contributed by atoms with Crippen molar-refractivity contribution in [2.75, 3.05) is 6.54 Å². The van der Waals surface area contributed by atoms with Crippen molar-refractivity contribution in [2.45, 2.75) is 66.3 Å². The highest BCUT2D eigenvalue weighted by Gasteiger charge is 2.22. The van der Waals surface area contributed by atoms with Gasteiger partial charge in [0.2, 0.25) is 0 Å². The zero-order valence-corrected chi connectivity index (χ0v) is 13.7.